The first-order valence-electron chi connectivity index (χ1n) is 4.68. The van der Waals surface area contributed by atoms with Gasteiger partial charge in [0.1, 0.15) is 0 Å². The number of hydrogen-bond donors (Lipinski definition) is 0. The van der Waals surface area contributed by atoms with Crippen molar-refractivity contribution in [3.05, 3.63) is 42.1 Å². The van der Waals surface area contributed by atoms with Gasteiger partial charge in [0.25, 0.3) is 0 Å². The molecule has 1 aromatic heterocycles. The van der Waals surface area contributed by atoms with Gasteiger partial charge in [0.05, 0.1) is 11.3 Å². The molecule has 2 aromatic rings. The summed E-state index contributed by atoms with van der Waals surface area (Å²) in [6.45, 7) is 0. The number of hydrogen-bond acceptors (Lipinski definition) is 3. The molecule has 0 fully saturated rings. The van der Waals surface area contributed by atoms with Crippen molar-refractivity contribution in [1.82, 2.24) is 4.98 Å². The molecule has 15 heavy (non-hydrogen) atoms. The molecule has 0 aliphatic heterocycles. The Hall–Kier alpha value is -1.35. The third-order valence-electron chi connectivity index (χ3n) is 2.19. The van der Waals surface area contributed by atoms with E-state index in [4.69, 9.17) is 0 Å². The van der Waals surface area contributed by atoms with Gasteiger partial charge in [-0.25, -0.2) is 0 Å². The van der Waals surface area contributed by atoms with Crippen molar-refractivity contribution in [2.24, 2.45) is 0 Å². The normalized spacial score (nSPS) is 10.5. The maximum absolute atomic E-state index is 11.6. The van der Waals surface area contributed by atoms with Crippen LogP contribution in [0.1, 0.15) is 10.4 Å². The van der Waals surface area contributed by atoms with Crippen LogP contribution in [0.5, 0.6) is 0 Å². The lowest BCUT2D eigenvalue weighted by Gasteiger charge is -2.00. The van der Waals surface area contributed by atoms with E-state index >= 15 is 0 Å². The number of pyridine rings is 1. The second kappa shape index (κ2) is 4.45. The van der Waals surface area contributed by atoms with E-state index in [0.717, 1.165) is 10.9 Å². The molecule has 0 spiro atoms. The van der Waals surface area contributed by atoms with Crippen LogP contribution in [-0.2, 0) is 0 Å². The van der Waals surface area contributed by atoms with Crippen molar-refractivity contribution in [1.29, 1.82) is 0 Å². The Morgan fingerprint density at radius 3 is 3.00 bits per heavy atom. The Morgan fingerprint density at radius 2 is 2.20 bits per heavy atom. The van der Waals surface area contributed by atoms with Gasteiger partial charge in [0.2, 0.25) is 0 Å². The average Bonchev–Trinajstić information content (AvgIpc) is 2.29. The molecule has 76 valence electrons. The van der Waals surface area contributed by atoms with Crippen LogP contribution < -0.4 is 0 Å². The number of Topliss-reactive ketones (excluding diaryl/α,β-unsaturated/α-hetero) is 1. The monoisotopic (exact) mass is 217 g/mol. The zero-order chi connectivity index (χ0) is 10.7. The van der Waals surface area contributed by atoms with Crippen LogP contribution in [0.15, 0.2) is 36.5 Å². The van der Waals surface area contributed by atoms with E-state index in [1.54, 1.807) is 6.20 Å². The fraction of sp³-hybridized carbons (Fsp3) is 0.167. The standard InChI is InChI=1S/C12H11NOS/c1-15-8-12(14)10-6-9-4-2-3-5-11(9)13-7-10/h2-7H,8H2,1H3. The highest BCUT2D eigenvalue weighted by Gasteiger charge is 2.05. The number of thioether (sulfide) groups is 1. The summed E-state index contributed by atoms with van der Waals surface area (Å²) in [5.74, 6) is 0.653. The maximum atomic E-state index is 11.6. The number of ketones is 1. The number of fused-ring (bicyclic) bond motifs is 1. The van der Waals surface area contributed by atoms with Crippen LogP contribution in [0.25, 0.3) is 10.9 Å². The zero-order valence-electron chi connectivity index (χ0n) is 8.43. The second-order valence-corrected chi connectivity index (χ2v) is 4.14. The minimum absolute atomic E-state index is 0.140. The van der Waals surface area contributed by atoms with Gasteiger partial charge in [-0.2, -0.15) is 11.8 Å². The molecule has 2 rings (SSSR count). The molecule has 1 heterocycles. The van der Waals surface area contributed by atoms with Gasteiger partial charge < -0.3 is 0 Å². The summed E-state index contributed by atoms with van der Waals surface area (Å²) in [7, 11) is 0. The first kappa shape index (κ1) is 10.2. The molecule has 0 unspecified atom stereocenters. The van der Waals surface area contributed by atoms with Crippen LogP contribution in [-0.4, -0.2) is 22.8 Å². The molecule has 0 atom stereocenters. The predicted octanol–water partition coefficient (Wildman–Crippen LogP) is 2.78. The molecule has 0 radical (unpaired) electrons. The molecule has 0 amide bonds. The highest BCUT2D eigenvalue weighted by molar-refractivity contribution is 7.99. The van der Waals surface area contributed by atoms with Crippen LogP contribution in [0, 0.1) is 0 Å². The Bertz CT molecular complexity index is 496. The highest BCUT2D eigenvalue weighted by Crippen LogP contribution is 2.13. The van der Waals surface area contributed by atoms with Gasteiger partial charge >= 0.3 is 0 Å². The Balaban J connectivity index is 2.42. The minimum atomic E-state index is 0.140. The van der Waals surface area contributed by atoms with E-state index in [0.29, 0.717) is 11.3 Å². The molecule has 0 saturated heterocycles. The molecule has 0 N–H and O–H groups in total. The van der Waals surface area contributed by atoms with Gasteiger partial charge in [0.15, 0.2) is 5.78 Å². The maximum Gasteiger partial charge on any atom is 0.174 e. The van der Waals surface area contributed by atoms with Gasteiger partial charge in [-0.3, -0.25) is 9.78 Å². The summed E-state index contributed by atoms with van der Waals surface area (Å²) in [5, 5.41) is 1.02. The molecule has 2 nitrogen and oxygen atoms in total. The Morgan fingerprint density at radius 1 is 1.40 bits per heavy atom. The lowest BCUT2D eigenvalue weighted by Crippen LogP contribution is -2.02. The molecule has 1 aromatic carbocycles. The largest absolute Gasteiger partial charge is 0.293 e. The molecule has 0 bridgehead atoms. The lowest BCUT2D eigenvalue weighted by atomic mass is 10.1. The fourth-order valence-electron chi connectivity index (χ4n) is 1.44. The van der Waals surface area contributed by atoms with Crippen LogP contribution >= 0.6 is 11.8 Å². The van der Waals surface area contributed by atoms with E-state index in [2.05, 4.69) is 4.98 Å². The zero-order valence-corrected chi connectivity index (χ0v) is 9.25. The second-order valence-electron chi connectivity index (χ2n) is 3.27. The minimum Gasteiger partial charge on any atom is -0.293 e. The van der Waals surface area contributed by atoms with Gasteiger partial charge in [-0.1, -0.05) is 18.2 Å². The van der Waals surface area contributed by atoms with Gasteiger partial charge in [-0.15, -0.1) is 0 Å². The Labute approximate surface area is 92.7 Å². The molecule has 0 aliphatic carbocycles. The number of carbonyl (C=O) groups is 1. The topological polar surface area (TPSA) is 30.0 Å². The number of carbonyl (C=O) groups excluding carboxylic acids is 1. The average molecular weight is 217 g/mol. The highest BCUT2D eigenvalue weighted by atomic mass is 32.2. The molecular formula is C12H11NOS. The van der Waals surface area contributed by atoms with Crippen molar-refractivity contribution in [2.75, 3.05) is 12.0 Å². The molecule has 0 aliphatic rings. The van der Waals surface area contributed by atoms with Crippen LogP contribution in [0.2, 0.25) is 0 Å². The van der Waals surface area contributed by atoms with Crippen molar-refractivity contribution in [3.63, 3.8) is 0 Å². The first-order chi connectivity index (χ1) is 7.31. The van der Waals surface area contributed by atoms with E-state index in [1.165, 1.54) is 11.8 Å². The van der Waals surface area contributed by atoms with Gasteiger partial charge in [0, 0.05) is 17.1 Å². The van der Waals surface area contributed by atoms with E-state index < -0.39 is 0 Å². The van der Waals surface area contributed by atoms with Crippen molar-refractivity contribution in [2.45, 2.75) is 0 Å². The molecular weight excluding hydrogens is 206 g/mol. The number of para-hydroxylation sites is 1. The predicted molar refractivity (Wildman–Crippen MR) is 64.5 cm³/mol. The van der Waals surface area contributed by atoms with Crippen LogP contribution in [0.4, 0.5) is 0 Å². The summed E-state index contributed by atoms with van der Waals surface area (Å²) in [5.41, 5.74) is 1.63. The molecule has 0 saturated carbocycles. The SMILES string of the molecule is CSCC(=O)c1cnc2ccccc2c1. The third-order valence-corrected chi connectivity index (χ3v) is 2.74. The lowest BCUT2D eigenvalue weighted by molar-refractivity contribution is 0.102. The van der Waals surface area contributed by atoms with Gasteiger partial charge in [-0.05, 0) is 18.4 Å². The Kier molecular flexibility index (Phi) is 3.02. The summed E-state index contributed by atoms with van der Waals surface area (Å²) < 4.78 is 0. The van der Waals surface area contributed by atoms with Crippen molar-refractivity contribution in [3.8, 4) is 0 Å². The summed E-state index contributed by atoms with van der Waals surface area (Å²) in [6.07, 6.45) is 3.58. The number of rotatable bonds is 3. The van der Waals surface area contributed by atoms with Crippen LogP contribution in [0.3, 0.4) is 0 Å². The van der Waals surface area contributed by atoms with Crippen molar-refractivity contribution >= 4 is 28.4 Å². The third kappa shape index (κ3) is 2.18. The summed E-state index contributed by atoms with van der Waals surface area (Å²) >= 11 is 1.53. The summed E-state index contributed by atoms with van der Waals surface area (Å²) in [6, 6.07) is 9.71. The van der Waals surface area contributed by atoms with Crippen molar-refractivity contribution < 1.29 is 4.79 Å². The molecule has 3 heteroatoms. The summed E-state index contributed by atoms with van der Waals surface area (Å²) in [4.78, 5) is 15.9. The number of nitrogens with zero attached hydrogens (tertiary/aromatic N) is 1. The van der Waals surface area contributed by atoms with E-state index in [9.17, 15) is 4.79 Å². The number of aromatic nitrogens is 1. The smallest absolute Gasteiger partial charge is 0.174 e. The van der Waals surface area contributed by atoms with E-state index in [-0.39, 0.29) is 5.78 Å². The van der Waals surface area contributed by atoms with E-state index in [1.807, 2.05) is 36.6 Å². The first-order valence-corrected chi connectivity index (χ1v) is 6.07. The number of benzene rings is 1. The fourth-order valence-corrected chi connectivity index (χ4v) is 1.87. The quantitative estimate of drug-likeness (QED) is 0.740.